The summed E-state index contributed by atoms with van der Waals surface area (Å²) in [6, 6.07) is 6.35. The minimum absolute atomic E-state index is 0. The first-order chi connectivity index (χ1) is 9.60. The van der Waals surface area contributed by atoms with Crippen LogP contribution < -0.4 is 5.32 Å². The second-order valence-electron chi connectivity index (χ2n) is 5.99. The molecule has 0 unspecified atom stereocenters. The SMILES string of the molecule is CNCC1CCN(C(=O)Cc2cc(C)ccc2C)CC1.Cl. The molecule has 0 bridgehead atoms. The van der Waals surface area contributed by atoms with Gasteiger partial charge in [-0.1, -0.05) is 23.8 Å². The molecule has 1 heterocycles. The van der Waals surface area contributed by atoms with E-state index in [9.17, 15) is 4.79 Å². The number of piperidine rings is 1. The van der Waals surface area contributed by atoms with Crippen molar-refractivity contribution in [3.8, 4) is 0 Å². The van der Waals surface area contributed by atoms with Gasteiger partial charge in [-0.15, -0.1) is 12.4 Å². The van der Waals surface area contributed by atoms with Crippen molar-refractivity contribution in [1.82, 2.24) is 10.2 Å². The van der Waals surface area contributed by atoms with Crippen molar-refractivity contribution in [3.63, 3.8) is 0 Å². The fourth-order valence-corrected chi connectivity index (χ4v) is 2.94. The van der Waals surface area contributed by atoms with Crippen molar-refractivity contribution in [2.24, 2.45) is 5.92 Å². The van der Waals surface area contributed by atoms with Gasteiger partial charge in [-0.25, -0.2) is 0 Å². The van der Waals surface area contributed by atoms with Crippen LogP contribution in [0.2, 0.25) is 0 Å². The molecule has 21 heavy (non-hydrogen) atoms. The molecule has 0 saturated carbocycles. The first-order valence-corrected chi connectivity index (χ1v) is 7.58. The maximum Gasteiger partial charge on any atom is 0.226 e. The Morgan fingerprint density at radius 2 is 1.95 bits per heavy atom. The van der Waals surface area contributed by atoms with E-state index < -0.39 is 0 Å². The lowest BCUT2D eigenvalue weighted by molar-refractivity contribution is -0.131. The number of amides is 1. The summed E-state index contributed by atoms with van der Waals surface area (Å²) in [7, 11) is 2.00. The Hall–Kier alpha value is -1.06. The smallest absolute Gasteiger partial charge is 0.226 e. The Balaban J connectivity index is 0.00000220. The highest BCUT2D eigenvalue weighted by molar-refractivity contribution is 5.85. The largest absolute Gasteiger partial charge is 0.342 e. The third-order valence-electron chi connectivity index (χ3n) is 4.31. The van der Waals surface area contributed by atoms with Gasteiger partial charge in [-0.05, 0) is 57.3 Å². The van der Waals surface area contributed by atoms with Gasteiger partial charge in [0.1, 0.15) is 0 Å². The number of halogens is 1. The summed E-state index contributed by atoms with van der Waals surface area (Å²) >= 11 is 0. The van der Waals surface area contributed by atoms with Crippen molar-refractivity contribution < 1.29 is 4.79 Å². The number of nitrogens with zero attached hydrogens (tertiary/aromatic N) is 1. The Labute approximate surface area is 134 Å². The van der Waals surface area contributed by atoms with Crippen LogP contribution in [-0.4, -0.2) is 37.5 Å². The highest BCUT2D eigenvalue weighted by Crippen LogP contribution is 2.18. The van der Waals surface area contributed by atoms with Crippen LogP contribution in [0.1, 0.15) is 29.5 Å². The number of hydrogen-bond donors (Lipinski definition) is 1. The van der Waals surface area contributed by atoms with Crippen LogP contribution in [0.5, 0.6) is 0 Å². The van der Waals surface area contributed by atoms with Crippen molar-refractivity contribution in [3.05, 3.63) is 34.9 Å². The van der Waals surface area contributed by atoms with Crippen LogP contribution in [0.3, 0.4) is 0 Å². The molecule has 118 valence electrons. The Bertz CT molecular complexity index is 468. The van der Waals surface area contributed by atoms with Gasteiger partial charge >= 0.3 is 0 Å². The van der Waals surface area contributed by atoms with Gasteiger partial charge in [0.2, 0.25) is 5.91 Å². The van der Waals surface area contributed by atoms with Crippen molar-refractivity contribution in [2.45, 2.75) is 33.1 Å². The minimum atomic E-state index is 0. The van der Waals surface area contributed by atoms with Crippen LogP contribution in [0.25, 0.3) is 0 Å². The zero-order chi connectivity index (χ0) is 14.5. The van der Waals surface area contributed by atoms with Crippen LogP contribution in [-0.2, 0) is 11.2 Å². The lowest BCUT2D eigenvalue weighted by atomic mass is 9.96. The van der Waals surface area contributed by atoms with E-state index in [1.54, 1.807) is 0 Å². The highest BCUT2D eigenvalue weighted by atomic mass is 35.5. The fourth-order valence-electron chi connectivity index (χ4n) is 2.94. The van der Waals surface area contributed by atoms with Gasteiger partial charge in [0.05, 0.1) is 6.42 Å². The van der Waals surface area contributed by atoms with E-state index in [0.717, 1.165) is 38.4 Å². The lowest BCUT2D eigenvalue weighted by Crippen LogP contribution is -2.41. The predicted octanol–water partition coefficient (Wildman–Crippen LogP) is 2.73. The molecule has 1 aromatic carbocycles. The first kappa shape index (κ1) is 18.0. The van der Waals surface area contributed by atoms with Crippen LogP contribution in [0, 0.1) is 19.8 Å². The number of likely N-dealkylation sites (tertiary alicyclic amines) is 1. The van der Waals surface area contributed by atoms with Gasteiger partial charge in [0.15, 0.2) is 0 Å². The molecular formula is C17H27ClN2O. The quantitative estimate of drug-likeness (QED) is 0.927. The average Bonchev–Trinajstić information content (AvgIpc) is 2.44. The first-order valence-electron chi connectivity index (χ1n) is 7.58. The Kier molecular flexibility index (Phi) is 7.20. The zero-order valence-corrected chi connectivity index (χ0v) is 14.1. The fraction of sp³-hybridized carbons (Fsp3) is 0.588. The monoisotopic (exact) mass is 310 g/mol. The third kappa shape index (κ3) is 5.01. The van der Waals surface area contributed by atoms with Crippen LogP contribution in [0.4, 0.5) is 0 Å². The van der Waals surface area contributed by atoms with E-state index in [4.69, 9.17) is 0 Å². The van der Waals surface area contributed by atoms with E-state index in [-0.39, 0.29) is 18.3 Å². The highest BCUT2D eigenvalue weighted by Gasteiger charge is 2.22. The number of benzene rings is 1. The summed E-state index contributed by atoms with van der Waals surface area (Å²) in [4.78, 5) is 14.4. The molecule has 1 aliphatic heterocycles. The van der Waals surface area contributed by atoms with E-state index in [1.807, 2.05) is 11.9 Å². The summed E-state index contributed by atoms with van der Waals surface area (Å²) in [5, 5.41) is 3.23. The molecule has 1 saturated heterocycles. The maximum atomic E-state index is 12.4. The summed E-state index contributed by atoms with van der Waals surface area (Å²) in [5.41, 5.74) is 3.62. The van der Waals surface area contributed by atoms with Gasteiger partial charge in [-0.2, -0.15) is 0 Å². The minimum Gasteiger partial charge on any atom is -0.342 e. The number of carbonyl (C=O) groups is 1. The predicted molar refractivity (Wildman–Crippen MR) is 90.1 cm³/mol. The van der Waals surface area contributed by atoms with Crippen molar-refractivity contribution in [2.75, 3.05) is 26.7 Å². The van der Waals surface area contributed by atoms with Gasteiger partial charge < -0.3 is 10.2 Å². The molecule has 0 radical (unpaired) electrons. The second-order valence-corrected chi connectivity index (χ2v) is 5.99. The molecule has 1 aliphatic rings. The van der Waals surface area contributed by atoms with Gasteiger partial charge in [0.25, 0.3) is 0 Å². The molecule has 0 spiro atoms. The molecule has 3 nitrogen and oxygen atoms in total. The molecule has 0 atom stereocenters. The Morgan fingerprint density at radius 1 is 1.29 bits per heavy atom. The molecule has 1 fully saturated rings. The number of hydrogen-bond acceptors (Lipinski definition) is 2. The maximum absolute atomic E-state index is 12.4. The topological polar surface area (TPSA) is 32.3 Å². The molecule has 1 amide bonds. The molecule has 4 heteroatoms. The molecule has 0 aromatic heterocycles. The van der Waals surface area contributed by atoms with Crippen LogP contribution in [0.15, 0.2) is 18.2 Å². The Morgan fingerprint density at radius 3 is 2.57 bits per heavy atom. The number of carbonyl (C=O) groups excluding carboxylic acids is 1. The molecule has 2 rings (SSSR count). The number of rotatable bonds is 4. The number of nitrogens with one attached hydrogen (secondary N) is 1. The van der Waals surface area contributed by atoms with Gasteiger partial charge in [0, 0.05) is 13.1 Å². The zero-order valence-electron chi connectivity index (χ0n) is 13.3. The normalized spacial score (nSPS) is 15.7. The summed E-state index contributed by atoms with van der Waals surface area (Å²) in [6.07, 6.45) is 2.79. The average molecular weight is 311 g/mol. The molecule has 1 N–H and O–H groups in total. The third-order valence-corrected chi connectivity index (χ3v) is 4.31. The van der Waals surface area contributed by atoms with Crippen molar-refractivity contribution in [1.29, 1.82) is 0 Å². The van der Waals surface area contributed by atoms with Crippen LogP contribution >= 0.6 is 12.4 Å². The number of aryl methyl sites for hydroxylation is 2. The summed E-state index contributed by atoms with van der Waals surface area (Å²) < 4.78 is 0. The molecule has 0 aliphatic carbocycles. The summed E-state index contributed by atoms with van der Waals surface area (Å²) in [6.45, 7) is 7.06. The molecular weight excluding hydrogens is 284 g/mol. The summed E-state index contributed by atoms with van der Waals surface area (Å²) in [5.74, 6) is 1.01. The van der Waals surface area contributed by atoms with Gasteiger partial charge in [-0.3, -0.25) is 4.79 Å². The van der Waals surface area contributed by atoms with E-state index in [1.165, 1.54) is 16.7 Å². The second kappa shape index (κ2) is 8.40. The lowest BCUT2D eigenvalue weighted by Gasteiger charge is -2.32. The van der Waals surface area contributed by atoms with E-state index >= 15 is 0 Å². The van der Waals surface area contributed by atoms with E-state index in [0.29, 0.717) is 6.42 Å². The van der Waals surface area contributed by atoms with E-state index in [2.05, 4.69) is 37.4 Å². The molecule has 1 aromatic rings. The standard InChI is InChI=1S/C17H26N2O.ClH/c1-13-4-5-14(2)16(10-13)11-17(20)19-8-6-15(7-9-19)12-18-3;/h4-5,10,15,18H,6-9,11-12H2,1-3H3;1H. The van der Waals surface area contributed by atoms with Crippen molar-refractivity contribution >= 4 is 18.3 Å².